The summed E-state index contributed by atoms with van der Waals surface area (Å²) >= 11 is 1.57. The minimum Gasteiger partial charge on any atom is -0.388 e. The molecule has 0 aliphatic carbocycles. The van der Waals surface area contributed by atoms with Crippen LogP contribution in [-0.4, -0.2) is 24.7 Å². The summed E-state index contributed by atoms with van der Waals surface area (Å²) < 4.78 is 0. The molecule has 94 valence electrons. The number of carbonyl (C=O) groups is 1. The summed E-state index contributed by atoms with van der Waals surface area (Å²) in [4.78, 5) is 15.0. The molecule has 1 aliphatic heterocycles. The first-order valence-electron chi connectivity index (χ1n) is 5.84. The summed E-state index contributed by atoms with van der Waals surface area (Å²) in [5, 5.41) is 11.7. The highest BCUT2D eigenvalue weighted by molar-refractivity contribution is 8.00. The topological polar surface area (TPSA) is 56.1 Å². The fourth-order valence-electron chi connectivity index (χ4n) is 1.95. The Kier molecular flexibility index (Phi) is 3.78. The molecule has 1 atom stereocenters. The van der Waals surface area contributed by atoms with Crippen LogP contribution in [0.5, 0.6) is 0 Å². The second-order valence-corrected chi connectivity index (χ2v) is 5.47. The highest BCUT2D eigenvalue weighted by Gasteiger charge is 2.30. The predicted octanol–water partition coefficient (Wildman–Crippen LogP) is 2.47. The van der Waals surface area contributed by atoms with Gasteiger partial charge in [-0.15, -0.1) is 11.8 Å². The highest BCUT2D eigenvalue weighted by atomic mass is 32.2. The lowest BCUT2D eigenvalue weighted by molar-refractivity contribution is -0.118. The Hall–Kier alpha value is -1.67. The zero-order chi connectivity index (χ0) is 13.1. The van der Waals surface area contributed by atoms with Gasteiger partial charge in [-0.3, -0.25) is 4.79 Å². The number of nitriles is 1. The van der Waals surface area contributed by atoms with Gasteiger partial charge < -0.3 is 10.2 Å². The largest absolute Gasteiger partial charge is 0.388 e. The Labute approximate surface area is 111 Å². The number of nitrogens with one attached hydrogen (secondary N) is 1. The van der Waals surface area contributed by atoms with Gasteiger partial charge in [0, 0.05) is 24.2 Å². The van der Waals surface area contributed by atoms with Crippen molar-refractivity contribution < 1.29 is 4.79 Å². The number of rotatable bonds is 3. The molecule has 1 amide bonds. The molecular formula is C13H15N3OS. The van der Waals surface area contributed by atoms with Crippen molar-refractivity contribution >= 4 is 29.0 Å². The molecule has 4 nitrogen and oxygen atoms in total. The van der Waals surface area contributed by atoms with Gasteiger partial charge >= 0.3 is 0 Å². The van der Waals surface area contributed by atoms with Gasteiger partial charge in [-0.05, 0) is 25.1 Å². The van der Waals surface area contributed by atoms with Gasteiger partial charge in [0.05, 0.1) is 23.4 Å². The standard InChI is InChI=1S/C13H15N3OS/c1-9-13(17)16(7-3-6-14)11-8-10(15-2)4-5-12(11)18-9/h4-5,8-9,15H,3,7H2,1-2H3. The molecule has 18 heavy (non-hydrogen) atoms. The van der Waals surface area contributed by atoms with E-state index in [0.29, 0.717) is 13.0 Å². The lowest BCUT2D eigenvalue weighted by atomic mass is 10.2. The molecule has 2 rings (SSSR count). The highest BCUT2D eigenvalue weighted by Crippen LogP contribution is 2.40. The molecule has 1 aromatic rings. The van der Waals surface area contributed by atoms with Gasteiger partial charge in [-0.25, -0.2) is 0 Å². The number of fused-ring (bicyclic) bond motifs is 1. The average Bonchev–Trinajstić information content (AvgIpc) is 2.39. The zero-order valence-corrected chi connectivity index (χ0v) is 11.3. The van der Waals surface area contributed by atoms with Crippen molar-refractivity contribution in [1.29, 1.82) is 5.26 Å². The van der Waals surface area contributed by atoms with Crippen molar-refractivity contribution in [3.05, 3.63) is 18.2 Å². The van der Waals surface area contributed by atoms with E-state index in [9.17, 15) is 4.79 Å². The number of hydrogen-bond acceptors (Lipinski definition) is 4. The van der Waals surface area contributed by atoms with Crippen LogP contribution in [0.4, 0.5) is 11.4 Å². The van der Waals surface area contributed by atoms with Crippen LogP contribution in [0, 0.1) is 11.3 Å². The van der Waals surface area contributed by atoms with Crippen molar-refractivity contribution in [2.75, 3.05) is 23.8 Å². The predicted molar refractivity (Wildman–Crippen MR) is 73.9 cm³/mol. The summed E-state index contributed by atoms with van der Waals surface area (Å²) in [5.41, 5.74) is 1.88. The number of hydrogen-bond donors (Lipinski definition) is 1. The summed E-state index contributed by atoms with van der Waals surface area (Å²) in [6.07, 6.45) is 0.354. The molecular weight excluding hydrogens is 246 g/mol. The van der Waals surface area contributed by atoms with E-state index >= 15 is 0 Å². The van der Waals surface area contributed by atoms with E-state index in [0.717, 1.165) is 16.3 Å². The Morgan fingerprint density at radius 2 is 2.33 bits per heavy atom. The molecule has 1 unspecified atom stereocenters. The van der Waals surface area contributed by atoms with Crippen LogP contribution in [0.2, 0.25) is 0 Å². The van der Waals surface area contributed by atoms with Gasteiger partial charge in [0.2, 0.25) is 5.91 Å². The third kappa shape index (κ3) is 2.29. The molecule has 1 heterocycles. The second kappa shape index (κ2) is 5.32. The Morgan fingerprint density at radius 3 is 3.00 bits per heavy atom. The van der Waals surface area contributed by atoms with Gasteiger partial charge in [-0.1, -0.05) is 0 Å². The average molecular weight is 261 g/mol. The van der Waals surface area contributed by atoms with Gasteiger partial charge in [0.25, 0.3) is 0 Å². The first-order chi connectivity index (χ1) is 8.67. The van der Waals surface area contributed by atoms with Crippen molar-refractivity contribution in [1.82, 2.24) is 0 Å². The van der Waals surface area contributed by atoms with E-state index in [4.69, 9.17) is 5.26 Å². The molecule has 1 N–H and O–H groups in total. The quantitative estimate of drug-likeness (QED) is 0.908. The van der Waals surface area contributed by atoms with Crippen LogP contribution in [0.3, 0.4) is 0 Å². The lowest BCUT2D eigenvalue weighted by Crippen LogP contribution is -2.40. The van der Waals surface area contributed by atoms with Crippen molar-refractivity contribution in [3.63, 3.8) is 0 Å². The van der Waals surface area contributed by atoms with Gasteiger partial charge in [0.15, 0.2) is 0 Å². The van der Waals surface area contributed by atoms with E-state index in [-0.39, 0.29) is 11.2 Å². The van der Waals surface area contributed by atoms with E-state index in [2.05, 4.69) is 11.4 Å². The minimum absolute atomic E-state index is 0.0796. The molecule has 0 spiro atoms. The first-order valence-corrected chi connectivity index (χ1v) is 6.72. The number of amides is 1. The van der Waals surface area contributed by atoms with Gasteiger partial charge in [-0.2, -0.15) is 5.26 Å². The Morgan fingerprint density at radius 1 is 1.56 bits per heavy atom. The zero-order valence-electron chi connectivity index (χ0n) is 10.4. The van der Waals surface area contributed by atoms with Crippen LogP contribution in [0.25, 0.3) is 0 Å². The maximum atomic E-state index is 12.2. The van der Waals surface area contributed by atoms with E-state index < -0.39 is 0 Å². The first kappa shape index (κ1) is 12.8. The summed E-state index contributed by atoms with van der Waals surface area (Å²) in [7, 11) is 1.85. The molecule has 0 radical (unpaired) electrons. The number of anilines is 2. The molecule has 0 fully saturated rings. The van der Waals surface area contributed by atoms with Crippen molar-refractivity contribution in [2.45, 2.75) is 23.5 Å². The summed E-state index contributed by atoms with van der Waals surface area (Å²) in [6.45, 7) is 2.36. The molecule has 1 aromatic carbocycles. The SMILES string of the molecule is CNc1ccc2c(c1)N(CCC#N)C(=O)C(C)S2. The third-order valence-electron chi connectivity index (χ3n) is 2.90. The van der Waals surface area contributed by atoms with Crippen molar-refractivity contribution in [2.24, 2.45) is 0 Å². The molecule has 5 heteroatoms. The maximum absolute atomic E-state index is 12.2. The van der Waals surface area contributed by atoms with Crippen molar-refractivity contribution in [3.8, 4) is 6.07 Å². The third-order valence-corrected chi connectivity index (χ3v) is 4.06. The normalized spacial score (nSPS) is 18.2. The van der Waals surface area contributed by atoms with E-state index in [1.54, 1.807) is 16.7 Å². The van der Waals surface area contributed by atoms with Crippen LogP contribution in [-0.2, 0) is 4.79 Å². The lowest BCUT2D eigenvalue weighted by Gasteiger charge is -2.32. The minimum atomic E-state index is -0.0865. The fraction of sp³-hybridized carbons (Fsp3) is 0.385. The van der Waals surface area contributed by atoms with Crippen LogP contribution >= 0.6 is 11.8 Å². The monoisotopic (exact) mass is 261 g/mol. The number of thioether (sulfide) groups is 1. The smallest absolute Gasteiger partial charge is 0.240 e. The Balaban J connectivity index is 2.40. The fourth-order valence-corrected chi connectivity index (χ4v) is 3.00. The molecule has 0 saturated carbocycles. The molecule has 0 saturated heterocycles. The molecule has 0 bridgehead atoms. The van der Waals surface area contributed by atoms with E-state index in [1.807, 2.05) is 32.2 Å². The number of benzene rings is 1. The van der Waals surface area contributed by atoms with E-state index in [1.165, 1.54) is 0 Å². The van der Waals surface area contributed by atoms with Crippen LogP contribution < -0.4 is 10.2 Å². The Bertz CT molecular complexity index is 509. The summed E-state index contributed by atoms with van der Waals surface area (Å²) in [6, 6.07) is 8.07. The number of carbonyl (C=O) groups excluding carboxylic acids is 1. The molecule has 0 aromatic heterocycles. The van der Waals surface area contributed by atoms with Crippen LogP contribution in [0.1, 0.15) is 13.3 Å². The molecule has 1 aliphatic rings. The van der Waals surface area contributed by atoms with Crippen LogP contribution in [0.15, 0.2) is 23.1 Å². The number of nitrogens with zero attached hydrogens (tertiary/aromatic N) is 2. The summed E-state index contributed by atoms with van der Waals surface area (Å²) in [5.74, 6) is 0.0796. The second-order valence-electron chi connectivity index (χ2n) is 4.09. The van der Waals surface area contributed by atoms with Gasteiger partial charge in [0.1, 0.15) is 0 Å². The maximum Gasteiger partial charge on any atom is 0.240 e.